The van der Waals surface area contributed by atoms with Crippen LogP contribution in [0.2, 0.25) is 0 Å². The number of carbonyl (C=O) groups is 1. The Kier molecular flexibility index (Phi) is 6.29. The van der Waals surface area contributed by atoms with E-state index in [4.69, 9.17) is 4.74 Å². The lowest BCUT2D eigenvalue weighted by molar-refractivity contribution is -0.121. The number of ether oxygens (including phenoxy) is 1. The second kappa shape index (κ2) is 8.21. The van der Waals surface area contributed by atoms with Gasteiger partial charge in [0.25, 0.3) is 0 Å². The predicted octanol–water partition coefficient (Wildman–Crippen LogP) is 4.20. The van der Waals surface area contributed by atoms with Gasteiger partial charge in [0.05, 0.1) is 7.11 Å². The molecule has 0 spiro atoms. The summed E-state index contributed by atoms with van der Waals surface area (Å²) in [4.78, 5) is 12.0. The smallest absolute Gasteiger partial charge is 0.220 e. The van der Waals surface area contributed by atoms with Gasteiger partial charge in [0.15, 0.2) is 0 Å². The molecule has 122 valence electrons. The van der Waals surface area contributed by atoms with Crippen LogP contribution in [0, 0.1) is 0 Å². The second-order valence-corrected chi connectivity index (χ2v) is 6.45. The number of nitrogens with one attached hydrogen (secondary N) is 1. The molecule has 0 unspecified atom stereocenters. The number of carbonyl (C=O) groups excluding carboxylic acids is 1. The summed E-state index contributed by atoms with van der Waals surface area (Å²) < 4.78 is 5.26. The van der Waals surface area contributed by atoms with Crippen molar-refractivity contribution in [1.29, 1.82) is 0 Å². The van der Waals surface area contributed by atoms with E-state index in [1.54, 1.807) is 7.11 Å². The van der Waals surface area contributed by atoms with Gasteiger partial charge in [-0.1, -0.05) is 44.7 Å². The van der Waals surface area contributed by atoms with E-state index in [0.29, 0.717) is 6.42 Å². The fourth-order valence-corrected chi connectivity index (χ4v) is 3.43. The molecule has 1 aromatic carbocycles. The lowest BCUT2D eigenvalue weighted by atomic mass is 9.69. The molecule has 0 radical (unpaired) electrons. The number of methoxy groups -OCH3 is 1. The van der Waals surface area contributed by atoms with Crippen LogP contribution in [0.4, 0.5) is 0 Å². The molecule has 1 saturated carbocycles. The standard InChI is InChI=1S/C19H29NO2/c1-3-4-8-18(21)20-15-19(13-6-5-7-14-19)16-9-11-17(22-2)12-10-16/h9-12H,3-8,13-15H2,1-2H3,(H,20,21). The van der Waals surface area contributed by atoms with Crippen LogP contribution in [0.1, 0.15) is 63.9 Å². The molecule has 1 amide bonds. The van der Waals surface area contributed by atoms with E-state index >= 15 is 0 Å². The molecule has 0 saturated heterocycles. The molecule has 1 aliphatic rings. The van der Waals surface area contributed by atoms with Crippen molar-refractivity contribution in [1.82, 2.24) is 5.32 Å². The van der Waals surface area contributed by atoms with E-state index in [1.165, 1.54) is 24.8 Å². The molecule has 0 bridgehead atoms. The number of hydrogen-bond donors (Lipinski definition) is 1. The highest BCUT2D eigenvalue weighted by Crippen LogP contribution is 2.39. The van der Waals surface area contributed by atoms with Gasteiger partial charge in [0.2, 0.25) is 5.91 Å². The van der Waals surface area contributed by atoms with Crippen LogP contribution in [0.3, 0.4) is 0 Å². The van der Waals surface area contributed by atoms with Crippen molar-refractivity contribution in [3.8, 4) is 5.75 Å². The third-order valence-corrected chi connectivity index (χ3v) is 4.89. The van der Waals surface area contributed by atoms with E-state index in [-0.39, 0.29) is 11.3 Å². The SMILES string of the molecule is CCCCC(=O)NCC1(c2ccc(OC)cc2)CCCCC1. The number of unbranched alkanes of at least 4 members (excludes halogenated alkanes) is 1. The Morgan fingerprint density at radius 1 is 1.18 bits per heavy atom. The summed E-state index contributed by atoms with van der Waals surface area (Å²) in [6, 6.07) is 8.40. The highest BCUT2D eigenvalue weighted by molar-refractivity contribution is 5.76. The predicted molar refractivity (Wildman–Crippen MR) is 90.3 cm³/mol. The van der Waals surface area contributed by atoms with Gasteiger partial charge < -0.3 is 10.1 Å². The summed E-state index contributed by atoms with van der Waals surface area (Å²) in [5.41, 5.74) is 1.44. The Hall–Kier alpha value is -1.51. The third-order valence-electron chi connectivity index (χ3n) is 4.89. The van der Waals surface area contributed by atoms with Gasteiger partial charge in [0.1, 0.15) is 5.75 Å². The van der Waals surface area contributed by atoms with Gasteiger partial charge in [-0.15, -0.1) is 0 Å². The van der Waals surface area contributed by atoms with Gasteiger partial charge in [-0.2, -0.15) is 0 Å². The van der Waals surface area contributed by atoms with Crippen LogP contribution in [-0.2, 0) is 10.2 Å². The monoisotopic (exact) mass is 303 g/mol. The van der Waals surface area contributed by atoms with Crippen LogP contribution >= 0.6 is 0 Å². The molecule has 1 fully saturated rings. The lowest BCUT2D eigenvalue weighted by Crippen LogP contribution is -2.42. The van der Waals surface area contributed by atoms with Crippen molar-refractivity contribution in [3.63, 3.8) is 0 Å². The molecule has 3 nitrogen and oxygen atoms in total. The zero-order valence-corrected chi connectivity index (χ0v) is 14.0. The van der Waals surface area contributed by atoms with Gasteiger partial charge in [-0.25, -0.2) is 0 Å². The molecule has 3 heteroatoms. The van der Waals surface area contributed by atoms with Crippen molar-refractivity contribution in [2.24, 2.45) is 0 Å². The number of hydrogen-bond acceptors (Lipinski definition) is 2. The molecule has 0 atom stereocenters. The van der Waals surface area contributed by atoms with E-state index in [1.807, 2.05) is 12.1 Å². The average Bonchev–Trinajstić information content (AvgIpc) is 2.59. The summed E-state index contributed by atoms with van der Waals surface area (Å²) in [5.74, 6) is 1.09. The second-order valence-electron chi connectivity index (χ2n) is 6.45. The normalized spacial score (nSPS) is 17.0. The van der Waals surface area contributed by atoms with Gasteiger partial charge in [-0.3, -0.25) is 4.79 Å². The number of rotatable bonds is 7. The molecule has 0 aliphatic heterocycles. The lowest BCUT2D eigenvalue weighted by Gasteiger charge is -2.38. The van der Waals surface area contributed by atoms with Gasteiger partial charge in [0, 0.05) is 18.4 Å². The maximum atomic E-state index is 12.0. The van der Waals surface area contributed by atoms with E-state index in [0.717, 1.165) is 38.0 Å². The summed E-state index contributed by atoms with van der Waals surface area (Å²) in [7, 11) is 1.69. The highest BCUT2D eigenvalue weighted by Gasteiger charge is 2.34. The maximum absolute atomic E-state index is 12.0. The van der Waals surface area contributed by atoms with Crippen molar-refractivity contribution in [2.45, 2.75) is 63.7 Å². The fraction of sp³-hybridized carbons (Fsp3) is 0.632. The zero-order chi connectivity index (χ0) is 15.8. The Morgan fingerprint density at radius 3 is 2.45 bits per heavy atom. The van der Waals surface area contributed by atoms with Crippen molar-refractivity contribution < 1.29 is 9.53 Å². The van der Waals surface area contributed by atoms with Crippen molar-refractivity contribution >= 4 is 5.91 Å². The van der Waals surface area contributed by atoms with Crippen LogP contribution in [0.5, 0.6) is 5.75 Å². The zero-order valence-electron chi connectivity index (χ0n) is 14.0. The molecule has 0 aromatic heterocycles. The summed E-state index contributed by atoms with van der Waals surface area (Å²) >= 11 is 0. The van der Waals surface area contributed by atoms with E-state index < -0.39 is 0 Å². The molecular weight excluding hydrogens is 274 g/mol. The largest absolute Gasteiger partial charge is 0.497 e. The number of amides is 1. The van der Waals surface area contributed by atoms with E-state index in [9.17, 15) is 4.79 Å². The minimum absolute atomic E-state index is 0.104. The van der Waals surface area contributed by atoms with Crippen molar-refractivity contribution in [3.05, 3.63) is 29.8 Å². The Balaban J connectivity index is 2.07. The average molecular weight is 303 g/mol. The summed E-state index contributed by atoms with van der Waals surface area (Å²) in [5, 5.41) is 3.18. The van der Waals surface area contributed by atoms with E-state index in [2.05, 4.69) is 24.4 Å². The molecule has 2 rings (SSSR count). The quantitative estimate of drug-likeness (QED) is 0.819. The molecular formula is C19H29NO2. The minimum Gasteiger partial charge on any atom is -0.497 e. The molecule has 1 aromatic rings. The van der Waals surface area contributed by atoms with Crippen LogP contribution in [0.15, 0.2) is 24.3 Å². The summed E-state index contributed by atoms with van der Waals surface area (Å²) in [6.07, 6.45) is 8.81. The van der Waals surface area contributed by atoms with Gasteiger partial charge >= 0.3 is 0 Å². The highest BCUT2D eigenvalue weighted by atomic mass is 16.5. The van der Waals surface area contributed by atoms with Crippen LogP contribution in [0.25, 0.3) is 0 Å². The number of benzene rings is 1. The first-order valence-electron chi connectivity index (χ1n) is 8.61. The maximum Gasteiger partial charge on any atom is 0.220 e. The minimum atomic E-state index is 0.104. The Morgan fingerprint density at radius 2 is 1.86 bits per heavy atom. The van der Waals surface area contributed by atoms with Gasteiger partial charge in [-0.05, 0) is 37.0 Å². The molecule has 0 heterocycles. The topological polar surface area (TPSA) is 38.3 Å². The van der Waals surface area contributed by atoms with Crippen LogP contribution < -0.4 is 10.1 Å². The Bertz CT molecular complexity index is 461. The fourth-order valence-electron chi connectivity index (χ4n) is 3.43. The first kappa shape index (κ1) is 16.9. The van der Waals surface area contributed by atoms with Crippen molar-refractivity contribution in [2.75, 3.05) is 13.7 Å². The molecule has 1 aliphatic carbocycles. The first-order chi connectivity index (χ1) is 10.7. The Labute approximate surface area is 134 Å². The summed E-state index contributed by atoms with van der Waals surface area (Å²) in [6.45, 7) is 2.88. The first-order valence-corrected chi connectivity index (χ1v) is 8.61. The third kappa shape index (κ3) is 4.25. The molecule has 22 heavy (non-hydrogen) atoms. The molecule has 1 N–H and O–H groups in total. The van der Waals surface area contributed by atoms with Crippen LogP contribution in [-0.4, -0.2) is 19.6 Å².